The molecule has 0 aliphatic rings. The number of nitro benzene ring substituents is 1. The minimum Gasteiger partial charge on any atom is -0.455 e. The monoisotopic (exact) mass is 384 g/mol. The van der Waals surface area contributed by atoms with Gasteiger partial charge in [0.05, 0.1) is 15.5 Å². The number of ether oxygens (including phenoxy) is 1. The number of para-hydroxylation sites is 3. The molecule has 27 heavy (non-hydrogen) atoms. The van der Waals surface area contributed by atoms with Gasteiger partial charge >= 0.3 is 0 Å². The fraction of sp³-hybridized carbons (Fsp3) is 0.0526. The van der Waals surface area contributed by atoms with Crippen molar-refractivity contribution in [2.45, 2.75) is 11.8 Å². The topological polar surface area (TPSA) is 98.5 Å². The fourth-order valence-electron chi connectivity index (χ4n) is 2.45. The standard InChI is InChI=1S/C19H16N2O5S/c1-14-11-12-15(21(22)23)13-19(14)27(24,25)20-17-9-5-6-10-18(17)26-16-7-3-2-4-8-16/h2-13,20H,1H3. The number of anilines is 1. The molecule has 3 aromatic carbocycles. The molecule has 8 heteroatoms. The molecule has 0 heterocycles. The van der Waals surface area contributed by atoms with Crippen LogP contribution in [0.3, 0.4) is 0 Å². The Morgan fingerprint density at radius 3 is 2.33 bits per heavy atom. The van der Waals surface area contributed by atoms with Crippen LogP contribution in [0.15, 0.2) is 77.7 Å². The van der Waals surface area contributed by atoms with Crippen molar-refractivity contribution in [3.63, 3.8) is 0 Å². The molecule has 0 radical (unpaired) electrons. The van der Waals surface area contributed by atoms with E-state index in [4.69, 9.17) is 4.74 Å². The lowest BCUT2D eigenvalue weighted by molar-refractivity contribution is -0.385. The maximum absolute atomic E-state index is 12.8. The predicted molar refractivity (Wildman–Crippen MR) is 102 cm³/mol. The molecule has 3 rings (SSSR count). The lowest BCUT2D eigenvalue weighted by Crippen LogP contribution is -2.15. The van der Waals surface area contributed by atoms with Crippen LogP contribution in [0.1, 0.15) is 5.56 Å². The molecule has 0 atom stereocenters. The van der Waals surface area contributed by atoms with Crippen molar-refractivity contribution in [1.82, 2.24) is 0 Å². The SMILES string of the molecule is Cc1ccc([N+](=O)[O-])cc1S(=O)(=O)Nc1ccccc1Oc1ccccc1. The first-order chi connectivity index (χ1) is 12.9. The quantitative estimate of drug-likeness (QED) is 0.498. The molecule has 0 bridgehead atoms. The van der Waals surface area contributed by atoms with E-state index in [-0.39, 0.29) is 16.3 Å². The molecule has 0 fully saturated rings. The molecule has 138 valence electrons. The maximum Gasteiger partial charge on any atom is 0.270 e. The van der Waals surface area contributed by atoms with Crippen molar-refractivity contribution in [3.05, 3.63) is 88.5 Å². The van der Waals surface area contributed by atoms with E-state index in [1.165, 1.54) is 12.1 Å². The molecular weight excluding hydrogens is 368 g/mol. The summed E-state index contributed by atoms with van der Waals surface area (Å²) in [6, 6.07) is 19.2. The van der Waals surface area contributed by atoms with E-state index in [9.17, 15) is 18.5 Å². The average Bonchev–Trinajstić information content (AvgIpc) is 2.64. The second-order valence-electron chi connectivity index (χ2n) is 5.72. The Kier molecular flexibility index (Phi) is 5.09. The second-order valence-corrected chi connectivity index (χ2v) is 7.37. The third kappa shape index (κ3) is 4.24. The van der Waals surface area contributed by atoms with Gasteiger partial charge in [-0.05, 0) is 36.8 Å². The normalized spacial score (nSPS) is 11.0. The van der Waals surface area contributed by atoms with Gasteiger partial charge in [0.15, 0.2) is 5.75 Å². The largest absolute Gasteiger partial charge is 0.455 e. The highest BCUT2D eigenvalue weighted by atomic mass is 32.2. The molecular formula is C19H16N2O5S. The van der Waals surface area contributed by atoms with E-state index in [1.807, 2.05) is 6.07 Å². The lowest BCUT2D eigenvalue weighted by Gasteiger charge is -2.14. The fourth-order valence-corrected chi connectivity index (χ4v) is 3.78. The Bertz CT molecular complexity index is 1080. The molecule has 0 amide bonds. The summed E-state index contributed by atoms with van der Waals surface area (Å²) < 4.78 is 33.8. The van der Waals surface area contributed by atoms with Gasteiger partial charge in [-0.25, -0.2) is 8.42 Å². The van der Waals surface area contributed by atoms with Crippen LogP contribution in [-0.4, -0.2) is 13.3 Å². The number of rotatable bonds is 6. The highest BCUT2D eigenvalue weighted by Gasteiger charge is 2.22. The number of hydrogen-bond donors (Lipinski definition) is 1. The first kappa shape index (κ1) is 18.4. The van der Waals surface area contributed by atoms with E-state index in [2.05, 4.69) is 4.72 Å². The summed E-state index contributed by atoms with van der Waals surface area (Å²) in [4.78, 5) is 10.2. The maximum atomic E-state index is 12.8. The zero-order valence-electron chi connectivity index (χ0n) is 14.3. The van der Waals surface area contributed by atoms with E-state index < -0.39 is 14.9 Å². The summed E-state index contributed by atoms with van der Waals surface area (Å²) in [5, 5.41) is 11.0. The van der Waals surface area contributed by atoms with Crippen molar-refractivity contribution in [1.29, 1.82) is 0 Å². The summed E-state index contributed by atoms with van der Waals surface area (Å²) >= 11 is 0. The number of nitrogens with zero attached hydrogens (tertiary/aromatic N) is 1. The van der Waals surface area contributed by atoms with E-state index in [0.29, 0.717) is 17.1 Å². The molecule has 0 saturated carbocycles. The van der Waals surface area contributed by atoms with Gasteiger partial charge in [0.2, 0.25) is 0 Å². The zero-order chi connectivity index (χ0) is 19.4. The number of hydrogen-bond acceptors (Lipinski definition) is 5. The Balaban J connectivity index is 1.96. The predicted octanol–water partition coefficient (Wildman–Crippen LogP) is 4.50. The average molecular weight is 384 g/mol. The van der Waals surface area contributed by atoms with E-state index >= 15 is 0 Å². The van der Waals surface area contributed by atoms with E-state index in [1.54, 1.807) is 55.5 Å². The number of nitro groups is 1. The molecule has 0 aromatic heterocycles. The van der Waals surface area contributed by atoms with Crippen molar-refractivity contribution in [3.8, 4) is 11.5 Å². The van der Waals surface area contributed by atoms with Crippen LogP contribution in [0.2, 0.25) is 0 Å². The van der Waals surface area contributed by atoms with Gasteiger partial charge in [0.1, 0.15) is 5.75 Å². The molecule has 0 aliphatic carbocycles. The van der Waals surface area contributed by atoms with Crippen LogP contribution in [0.4, 0.5) is 11.4 Å². The molecule has 1 N–H and O–H groups in total. The smallest absolute Gasteiger partial charge is 0.270 e. The summed E-state index contributed by atoms with van der Waals surface area (Å²) in [6.45, 7) is 1.57. The molecule has 0 spiro atoms. The highest BCUT2D eigenvalue weighted by molar-refractivity contribution is 7.92. The van der Waals surface area contributed by atoms with Gasteiger partial charge in [-0.2, -0.15) is 0 Å². The third-order valence-electron chi connectivity index (χ3n) is 3.77. The summed E-state index contributed by atoms with van der Waals surface area (Å²) in [5.74, 6) is 0.867. The molecule has 0 aliphatic heterocycles. The number of non-ortho nitro benzene ring substituents is 1. The minimum atomic E-state index is -4.05. The molecule has 0 saturated heterocycles. The van der Waals surface area contributed by atoms with Crippen molar-refractivity contribution < 1.29 is 18.1 Å². The van der Waals surface area contributed by atoms with Gasteiger partial charge in [-0.3, -0.25) is 14.8 Å². The van der Waals surface area contributed by atoms with Gasteiger partial charge in [0.25, 0.3) is 15.7 Å². The minimum absolute atomic E-state index is 0.161. The number of aryl methyl sites for hydroxylation is 1. The summed E-state index contributed by atoms with van der Waals surface area (Å²) in [7, 11) is -4.05. The second kappa shape index (κ2) is 7.46. The Hall–Kier alpha value is -3.39. The number of nitrogens with one attached hydrogen (secondary N) is 1. The van der Waals surface area contributed by atoms with Crippen molar-refractivity contribution in [2.24, 2.45) is 0 Å². The van der Waals surface area contributed by atoms with Crippen LogP contribution in [0.5, 0.6) is 11.5 Å². The first-order valence-corrected chi connectivity index (χ1v) is 9.45. The van der Waals surface area contributed by atoms with Gasteiger partial charge in [-0.1, -0.05) is 36.4 Å². The Labute approximate surface area is 156 Å². The number of benzene rings is 3. The van der Waals surface area contributed by atoms with Crippen LogP contribution in [-0.2, 0) is 10.0 Å². The molecule has 3 aromatic rings. The van der Waals surface area contributed by atoms with Crippen LogP contribution in [0, 0.1) is 17.0 Å². The number of sulfonamides is 1. The third-order valence-corrected chi connectivity index (χ3v) is 5.28. The van der Waals surface area contributed by atoms with Gasteiger partial charge in [0, 0.05) is 12.1 Å². The first-order valence-electron chi connectivity index (χ1n) is 7.96. The lowest BCUT2D eigenvalue weighted by atomic mass is 10.2. The van der Waals surface area contributed by atoms with E-state index in [0.717, 1.165) is 6.07 Å². The van der Waals surface area contributed by atoms with Crippen LogP contribution < -0.4 is 9.46 Å². The van der Waals surface area contributed by atoms with Crippen LogP contribution >= 0.6 is 0 Å². The Morgan fingerprint density at radius 2 is 1.63 bits per heavy atom. The Morgan fingerprint density at radius 1 is 0.963 bits per heavy atom. The van der Waals surface area contributed by atoms with Crippen molar-refractivity contribution in [2.75, 3.05) is 4.72 Å². The molecule has 0 unspecified atom stereocenters. The molecule has 7 nitrogen and oxygen atoms in total. The van der Waals surface area contributed by atoms with Crippen LogP contribution in [0.25, 0.3) is 0 Å². The van der Waals surface area contributed by atoms with Crippen molar-refractivity contribution >= 4 is 21.4 Å². The van der Waals surface area contributed by atoms with Gasteiger partial charge < -0.3 is 4.74 Å². The zero-order valence-corrected chi connectivity index (χ0v) is 15.1. The summed E-state index contributed by atoms with van der Waals surface area (Å²) in [6.07, 6.45) is 0. The summed E-state index contributed by atoms with van der Waals surface area (Å²) in [5.41, 5.74) is 0.330. The highest BCUT2D eigenvalue weighted by Crippen LogP contribution is 2.32. The van der Waals surface area contributed by atoms with Gasteiger partial charge in [-0.15, -0.1) is 0 Å².